The van der Waals surface area contributed by atoms with Crippen molar-refractivity contribution < 1.29 is 19.0 Å². The van der Waals surface area contributed by atoms with Crippen molar-refractivity contribution in [2.24, 2.45) is 4.99 Å². The van der Waals surface area contributed by atoms with Gasteiger partial charge in [-0.2, -0.15) is 4.99 Å². The van der Waals surface area contributed by atoms with Crippen LogP contribution in [-0.4, -0.2) is 37.9 Å². The maximum Gasteiger partial charge on any atom is 0.279 e. The molecule has 0 saturated carbocycles. The molecule has 0 aliphatic carbocycles. The number of aryl methyl sites for hydroxylation is 1. The molecule has 28 heavy (non-hydrogen) atoms. The Morgan fingerprint density at radius 3 is 2.64 bits per heavy atom. The van der Waals surface area contributed by atoms with E-state index in [2.05, 4.69) is 22.5 Å². The maximum absolute atomic E-state index is 12.8. The molecule has 0 saturated heterocycles. The van der Waals surface area contributed by atoms with Crippen LogP contribution in [0.3, 0.4) is 0 Å². The van der Waals surface area contributed by atoms with Gasteiger partial charge in [-0.25, -0.2) is 0 Å². The van der Waals surface area contributed by atoms with Gasteiger partial charge in [0.05, 0.1) is 31.0 Å². The third kappa shape index (κ3) is 4.10. The fraction of sp³-hybridized carbons (Fsp3) is 0.333. The Bertz CT molecular complexity index is 1050. The number of fused-ring (bicyclic) bond motifs is 1. The van der Waals surface area contributed by atoms with Crippen molar-refractivity contribution in [3.8, 4) is 11.5 Å². The second kappa shape index (κ2) is 9.03. The molecule has 0 fully saturated rings. The Morgan fingerprint density at radius 2 is 1.93 bits per heavy atom. The normalized spacial score (nSPS) is 11.8. The first-order valence-electron chi connectivity index (χ1n) is 9.06. The summed E-state index contributed by atoms with van der Waals surface area (Å²) in [6.07, 6.45) is 0. The molecule has 0 bridgehead atoms. The lowest BCUT2D eigenvalue weighted by Crippen LogP contribution is -2.20. The monoisotopic (exact) mass is 400 g/mol. The highest BCUT2D eigenvalue weighted by atomic mass is 32.1. The highest BCUT2D eigenvalue weighted by molar-refractivity contribution is 7.16. The quantitative estimate of drug-likeness (QED) is 0.566. The molecule has 3 rings (SSSR count). The van der Waals surface area contributed by atoms with E-state index in [4.69, 9.17) is 14.2 Å². The number of para-hydroxylation sites is 1. The summed E-state index contributed by atoms with van der Waals surface area (Å²) < 4.78 is 19.2. The Morgan fingerprint density at radius 1 is 1.14 bits per heavy atom. The number of methoxy groups -OCH3 is 2. The second-order valence-electron chi connectivity index (χ2n) is 6.14. The number of carbonyl (C=O) groups is 1. The zero-order valence-electron chi connectivity index (χ0n) is 16.5. The summed E-state index contributed by atoms with van der Waals surface area (Å²) >= 11 is 1.50. The first kappa shape index (κ1) is 20.1. The molecule has 0 atom stereocenters. The predicted octanol–water partition coefficient (Wildman–Crippen LogP) is 3.81. The van der Waals surface area contributed by atoms with Gasteiger partial charge in [-0.05, 0) is 43.7 Å². The standard InChI is InChI=1S/C21H24N2O4S/c1-5-27-12-11-23-19-14(2)7-6-8-18(19)28-21(23)22-20(24)15-9-10-16(25-3)17(13-15)26-4/h6-10,13H,5,11-12H2,1-4H3. The molecule has 3 aromatic rings. The molecule has 1 heterocycles. The molecule has 0 radical (unpaired) electrons. The molecule has 1 amide bonds. The minimum atomic E-state index is -0.324. The number of amides is 1. The second-order valence-corrected chi connectivity index (χ2v) is 7.15. The smallest absolute Gasteiger partial charge is 0.279 e. The average molecular weight is 401 g/mol. The van der Waals surface area contributed by atoms with Gasteiger partial charge >= 0.3 is 0 Å². The van der Waals surface area contributed by atoms with Gasteiger partial charge in [-0.15, -0.1) is 0 Å². The van der Waals surface area contributed by atoms with Crippen LogP contribution in [0.15, 0.2) is 41.4 Å². The van der Waals surface area contributed by atoms with E-state index in [1.807, 2.05) is 19.1 Å². The van der Waals surface area contributed by atoms with Crippen molar-refractivity contribution in [3.63, 3.8) is 0 Å². The summed E-state index contributed by atoms with van der Waals surface area (Å²) in [7, 11) is 3.10. The van der Waals surface area contributed by atoms with Crippen molar-refractivity contribution in [2.45, 2.75) is 20.4 Å². The zero-order valence-corrected chi connectivity index (χ0v) is 17.3. The third-order valence-corrected chi connectivity index (χ3v) is 5.44. The van der Waals surface area contributed by atoms with Crippen LogP contribution in [0, 0.1) is 6.92 Å². The van der Waals surface area contributed by atoms with E-state index < -0.39 is 0 Å². The van der Waals surface area contributed by atoms with Crippen LogP contribution in [0.4, 0.5) is 0 Å². The van der Waals surface area contributed by atoms with Crippen LogP contribution in [0.5, 0.6) is 11.5 Å². The van der Waals surface area contributed by atoms with Crippen LogP contribution in [0.25, 0.3) is 10.2 Å². The van der Waals surface area contributed by atoms with Gasteiger partial charge in [0, 0.05) is 18.7 Å². The average Bonchev–Trinajstić information content (AvgIpc) is 3.06. The minimum absolute atomic E-state index is 0.324. The topological polar surface area (TPSA) is 62.1 Å². The largest absolute Gasteiger partial charge is 0.493 e. The van der Waals surface area contributed by atoms with Crippen molar-refractivity contribution >= 4 is 27.5 Å². The number of carbonyl (C=O) groups excluding carboxylic acids is 1. The number of aromatic nitrogens is 1. The Labute approximate surface area is 168 Å². The van der Waals surface area contributed by atoms with E-state index in [1.54, 1.807) is 32.4 Å². The van der Waals surface area contributed by atoms with Crippen LogP contribution in [0.2, 0.25) is 0 Å². The molecule has 148 valence electrons. The molecule has 6 nitrogen and oxygen atoms in total. The van der Waals surface area contributed by atoms with Gasteiger partial charge in [0.2, 0.25) is 0 Å². The molecular weight excluding hydrogens is 376 g/mol. The third-order valence-electron chi connectivity index (χ3n) is 4.39. The Hall–Kier alpha value is -2.64. The van der Waals surface area contributed by atoms with E-state index in [1.165, 1.54) is 11.3 Å². The summed E-state index contributed by atoms with van der Waals surface area (Å²) in [5.41, 5.74) is 2.68. The number of ether oxygens (including phenoxy) is 3. The number of hydrogen-bond donors (Lipinski definition) is 0. The van der Waals surface area contributed by atoms with E-state index >= 15 is 0 Å². The van der Waals surface area contributed by atoms with Gasteiger partial charge in [-0.1, -0.05) is 23.5 Å². The molecule has 0 aliphatic heterocycles. The summed E-state index contributed by atoms with van der Waals surface area (Å²) in [5, 5.41) is 0. The van der Waals surface area contributed by atoms with Crippen LogP contribution < -0.4 is 14.3 Å². The van der Waals surface area contributed by atoms with Gasteiger partial charge in [0.25, 0.3) is 5.91 Å². The fourth-order valence-electron chi connectivity index (χ4n) is 3.02. The van der Waals surface area contributed by atoms with E-state index in [9.17, 15) is 4.79 Å². The van der Waals surface area contributed by atoms with Crippen molar-refractivity contribution in [1.82, 2.24) is 4.57 Å². The molecule has 0 aliphatic rings. The lowest BCUT2D eigenvalue weighted by molar-refractivity contribution is 0.0996. The van der Waals surface area contributed by atoms with Gasteiger partial charge < -0.3 is 18.8 Å². The zero-order chi connectivity index (χ0) is 20.1. The van der Waals surface area contributed by atoms with E-state index in [0.717, 1.165) is 15.8 Å². The molecule has 0 N–H and O–H groups in total. The Balaban J connectivity index is 2.06. The fourth-order valence-corrected chi connectivity index (χ4v) is 4.15. The summed E-state index contributed by atoms with van der Waals surface area (Å²) in [6, 6.07) is 11.2. The highest BCUT2D eigenvalue weighted by Gasteiger charge is 2.13. The van der Waals surface area contributed by atoms with E-state index in [-0.39, 0.29) is 5.91 Å². The highest BCUT2D eigenvalue weighted by Crippen LogP contribution is 2.28. The molecular formula is C21H24N2O4S. The van der Waals surface area contributed by atoms with Crippen molar-refractivity contribution in [1.29, 1.82) is 0 Å². The minimum Gasteiger partial charge on any atom is -0.493 e. The molecule has 0 spiro atoms. The van der Waals surface area contributed by atoms with Crippen LogP contribution in [-0.2, 0) is 11.3 Å². The number of hydrogen-bond acceptors (Lipinski definition) is 5. The van der Waals surface area contributed by atoms with Crippen molar-refractivity contribution in [2.75, 3.05) is 27.4 Å². The molecule has 7 heteroatoms. The van der Waals surface area contributed by atoms with Gasteiger partial charge in [-0.3, -0.25) is 4.79 Å². The molecule has 0 unspecified atom stereocenters. The van der Waals surface area contributed by atoms with Crippen LogP contribution in [0.1, 0.15) is 22.8 Å². The van der Waals surface area contributed by atoms with Gasteiger partial charge in [0.1, 0.15) is 0 Å². The molecule has 1 aromatic heterocycles. The first-order valence-corrected chi connectivity index (χ1v) is 9.88. The van der Waals surface area contributed by atoms with Crippen LogP contribution >= 0.6 is 11.3 Å². The van der Waals surface area contributed by atoms with Gasteiger partial charge in [0.15, 0.2) is 16.3 Å². The number of benzene rings is 2. The predicted molar refractivity (Wildman–Crippen MR) is 110 cm³/mol. The lowest BCUT2D eigenvalue weighted by Gasteiger charge is -2.08. The maximum atomic E-state index is 12.8. The number of thiazole rings is 1. The number of nitrogens with zero attached hydrogens (tertiary/aromatic N) is 2. The summed E-state index contributed by atoms with van der Waals surface area (Å²) in [4.78, 5) is 17.9. The summed E-state index contributed by atoms with van der Waals surface area (Å²) in [5.74, 6) is 0.749. The van der Waals surface area contributed by atoms with Crippen molar-refractivity contribution in [3.05, 3.63) is 52.3 Å². The van der Waals surface area contributed by atoms with E-state index in [0.29, 0.717) is 41.6 Å². The summed E-state index contributed by atoms with van der Waals surface area (Å²) in [6.45, 7) is 5.88. The molecule has 2 aromatic carbocycles. The lowest BCUT2D eigenvalue weighted by atomic mass is 10.2. The number of rotatable bonds is 7. The SMILES string of the molecule is CCOCCn1c(=NC(=O)c2ccc(OC)c(OC)c2)sc2cccc(C)c21. The Kier molecular flexibility index (Phi) is 6.49. The first-order chi connectivity index (χ1) is 13.6.